The van der Waals surface area contributed by atoms with Crippen LogP contribution in [0.5, 0.6) is 5.75 Å². The first-order valence-corrected chi connectivity index (χ1v) is 10.6. The van der Waals surface area contributed by atoms with Crippen molar-refractivity contribution >= 4 is 10.2 Å². The van der Waals surface area contributed by atoms with Gasteiger partial charge in [0.25, 0.3) is 10.2 Å². The van der Waals surface area contributed by atoms with E-state index in [9.17, 15) is 12.8 Å². The highest BCUT2D eigenvalue weighted by molar-refractivity contribution is 7.86. The molecule has 0 unspecified atom stereocenters. The van der Waals surface area contributed by atoms with Crippen molar-refractivity contribution in [1.82, 2.24) is 13.5 Å². The third kappa shape index (κ3) is 4.36. The molecule has 0 radical (unpaired) electrons. The van der Waals surface area contributed by atoms with Gasteiger partial charge in [0, 0.05) is 46.3 Å². The van der Waals surface area contributed by atoms with Crippen molar-refractivity contribution in [2.24, 2.45) is 0 Å². The van der Waals surface area contributed by atoms with Gasteiger partial charge in [-0.05, 0) is 37.8 Å². The maximum absolute atomic E-state index is 13.7. The molecule has 2 aliphatic rings. The number of benzene rings is 1. The van der Waals surface area contributed by atoms with Gasteiger partial charge < -0.3 is 9.64 Å². The van der Waals surface area contributed by atoms with Crippen LogP contribution in [0.1, 0.15) is 25.7 Å². The highest BCUT2D eigenvalue weighted by Crippen LogP contribution is 2.26. The predicted molar refractivity (Wildman–Crippen MR) is 98.8 cm³/mol. The van der Waals surface area contributed by atoms with Gasteiger partial charge in [0.2, 0.25) is 0 Å². The monoisotopic (exact) mass is 385 g/mol. The van der Waals surface area contributed by atoms with E-state index in [4.69, 9.17) is 4.74 Å². The quantitative estimate of drug-likeness (QED) is 0.777. The van der Waals surface area contributed by atoms with Crippen molar-refractivity contribution in [1.29, 1.82) is 0 Å². The average molecular weight is 386 g/mol. The van der Waals surface area contributed by atoms with Crippen molar-refractivity contribution in [3.8, 4) is 5.75 Å². The van der Waals surface area contributed by atoms with Crippen molar-refractivity contribution in [3.63, 3.8) is 0 Å². The van der Waals surface area contributed by atoms with E-state index in [1.807, 2.05) is 0 Å². The van der Waals surface area contributed by atoms with Crippen LogP contribution in [-0.4, -0.2) is 74.3 Å². The minimum Gasteiger partial charge on any atom is -0.487 e. The van der Waals surface area contributed by atoms with Crippen LogP contribution in [0.2, 0.25) is 0 Å². The molecule has 8 heteroatoms. The second-order valence-corrected chi connectivity index (χ2v) is 9.35. The summed E-state index contributed by atoms with van der Waals surface area (Å²) in [5, 5.41) is 0. The topological polar surface area (TPSA) is 53.1 Å². The molecule has 0 saturated carbocycles. The summed E-state index contributed by atoms with van der Waals surface area (Å²) in [5.74, 6) is 0.0116. The van der Waals surface area contributed by atoms with Crippen LogP contribution in [-0.2, 0) is 10.2 Å². The number of ether oxygens (including phenoxy) is 1. The molecule has 0 amide bonds. The number of rotatable bonds is 5. The Kier molecular flexibility index (Phi) is 6.17. The number of para-hydroxylation sites is 1. The van der Waals surface area contributed by atoms with Crippen molar-refractivity contribution in [3.05, 3.63) is 30.1 Å². The maximum Gasteiger partial charge on any atom is 0.281 e. The van der Waals surface area contributed by atoms with Crippen LogP contribution in [0.4, 0.5) is 4.39 Å². The molecule has 26 heavy (non-hydrogen) atoms. The third-order valence-electron chi connectivity index (χ3n) is 5.33. The van der Waals surface area contributed by atoms with Crippen LogP contribution in [0.3, 0.4) is 0 Å². The van der Waals surface area contributed by atoms with Gasteiger partial charge in [0.15, 0.2) is 11.6 Å². The zero-order valence-electron chi connectivity index (χ0n) is 15.5. The second-order valence-electron chi connectivity index (χ2n) is 7.20. The maximum atomic E-state index is 13.7. The molecule has 0 bridgehead atoms. The summed E-state index contributed by atoms with van der Waals surface area (Å²) >= 11 is 0. The normalized spacial score (nSPS) is 22.0. The number of hydrogen-bond donors (Lipinski definition) is 0. The summed E-state index contributed by atoms with van der Waals surface area (Å²) in [5.41, 5.74) is 0. The van der Waals surface area contributed by atoms with E-state index >= 15 is 0 Å². The molecule has 0 aromatic heterocycles. The van der Waals surface area contributed by atoms with E-state index < -0.39 is 10.2 Å². The highest BCUT2D eigenvalue weighted by atomic mass is 32.2. The van der Waals surface area contributed by atoms with Gasteiger partial charge >= 0.3 is 0 Å². The van der Waals surface area contributed by atoms with E-state index in [-0.39, 0.29) is 11.9 Å². The molecule has 3 rings (SSSR count). The zero-order valence-corrected chi connectivity index (χ0v) is 16.3. The lowest BCUT2D eigenvalue weighted by atomic mass is 10.00. The first-order valence-electron chi connectivity index (χ1n) is 9.21. The predicted octanol–water partition coefficient (Wildman–Crippen LogP) is 1.94. The van der Waals surface area contributed by atoms with Gasteiger partial charge in [-0.3, -0.25) is 0 Å². The standard InChI is InChI=1S/C18H28FN3O3S/c1-20(2)26(23,24)22-13-7-15(8-14-22)21-11-9-16(10-12-21)25-18-6-4-3-5-17(18)19/h3-6,15-16H,7-14H2,1-2H3. The summed E-state index contributed by atoms with van der Waals surface area (Å²) in [6.07, 6.45) is 3.48. The van der Waals surface area contributed by atoms with Gasteiger partial charge in [0.05, 0.1) is 0 Å². The number of likely N-dealkylation sites (tertiary alicyclic amines) is 1. The fraction of sp³-hybridized carbons (Fsp3) is 0.667. The summed E-state index contributed by atoms with van der Waals surface area (Å²) in [7, 11) is -0.167. The van der Waals surface area contributed by atoms with E-state index in [1.54, 1.807) is 36.6 Å². The second kappa shape index (κ2) is 8.21. The average Bonchev–Trinajstić information content (AvgIpc) is 2.64. The lowest BCUT2D eigenvalue weighted by Crippen LogP contribution is -2.51. The molecule has 2 aliphatic heterocycles. The van der Waals surface area contributed by atoms with E-state index in [1.165, 1.54) is 10.4 Å². The van der Waals surface area contributed by atoms with Gasteiger partial charge in [-0.2, -0.15) is 17.0 Å². The first-order chi connectivity index (χ1) is 12.4. The molecule has 6 nitrogen and oxygen atoms in total. The Balaban J connectivity index is 1.47. The number of nitrogens with zero attached hydrogens (tertiary/aromatic N) is 3. The highest BCUT2D eigenvalue weighted by Gasteiger charge is 2.33. The smallest absolute Gasteiger partial charge is 0.281 e. The molecule has 0 aliphatic carbocycles. The summed E-state index contributed by atoms with van der Waals surface area (Å²) in [6, 6.07) is 6.94. The van der Waals surface area contributed by atoms with Crippen LogP contribution < -0.4 is 4.74 Å². The molecule has 0 spiro atoms. The number of halogens is 1. The van der Waals surface area contributed by atoms with Crippen LogP contribution in [0, 0.1) is 5.82 Å². The summed E-state index contributed by atoms with van der Waals surface area (Å²) in [6.45, 7) is 2.95. The van der Waals surface area contributed by atoms with Gasteiger partial charge in [-0.15, -0.1) is 0 Å². The molecule has 2 saturated heterocycles. The zero-order chi connectivity index (χ0) is 18.7. The molecule has 0 N–H and O–H groups in total. The fourth-order valence-electron chi connectivity index (χ4n) is 3.75. The lowest BCUT2D eigenvalue weighted by molar-refractivity contribution is 0.0563. The van der Waals surface area contributed by atoms with E-state index in [0.717, 1.165) is 38.8 Å². The Morgan fingerprint density at radius 3 is 2.23 bits per heavy atom. The van der Waals surface area contributed by atoms with Crippen LogP contribution >= 0.6 is 0 Å². The molecule has 0 atom stereocenters. The molecule has 2 heterocycles. The van der Waals surface area contributed by atoms with E-state index in [0.29, 0.717) is 24.9 Å². The molecule has 1 aromatic rings. The van der Waals surface area contributed by atoms with Crippen molar-refractivity contribution in [2.75, 3.05) is 40.3 Å². The van der Waals surface area contributed by atoms with Gasteiger partial charge in [-0.1, -0.05) is 12.1 Å². The Morgan fingerprint density at radius 2 is 1.65 bits per heavy atom. The lowest BCUT2D eigenvalue weighted by Gasteiger charge is -2.41. The van der Waals surface area contributed by atoms with Crippen molar-refractivity contribution < 1.29 is 17.5 Å². The molecule has 146 valence electrons. The van der Waals surface area contributed by atoms with Gasteiger partial charge in [0.1, 0.15) is 6.10 Å². The fourth-order valence-corrected chi connectivity index (χ4v) is 4.88. The third-order valence-corrected chi connectivity index (χ3v) is 7.28. The Bertz CT molecular complexity index is 697. The minimum absolute atomic E-state index is 0.0392. The first kappa shape index (κ1) is 19.5. The molecular weight excluding hydrogens is 357 g/mol. The Labute approximate surface area is 155 Å². The molecular formula is C18H28FN3O3S. The van der Waals surface area contributed by atoms with E-state index in [2.05, 4.69) is 4.90 Å². The van der Waals surface area contributed by atoms with Crippen LogP contribution in [0.25, 0.3) is 0 Å². The number of hydrogen-bond acceptors (Lipinski definition) is 4. The van der Waals surface area contributed by atoms with Gasteiger partial charge in [-0.25, -0.2) is 4.39 Å². The molecule has 2 fully saturated rings. The summed E-state index contributed by atoms with van der Waals surface area (Å²) < 4.78 is 46.8. The number of piperidine rings is 2. The van der Waals surface area contributed by atoms with Crippen LogP contribution in [0.15, 0.2) is 24.3 Å². The minimum atomic E-state index is -3.31. The Hall–Kier alpha value is -1.22. The summed E-state index contributed by atoms with van der Waals surface area (Å²) in [4.78, 5) is 2.43. The van der Waals surface area contributed by atoms with Crippen molar-refractivity contribution in [2.45, 2.75) is 37.8 Å². The SMILES string of the molecule is CN(C)S(=O)(=O)N1CCC(N2CCC(Oc3ccccc3F)CC2)CC1. The Morgan fingerprint density at radius 1 is 1.04 bits per heavy atom. The molecule has 1 aromatic carbocycles. The largest absolute Gasteiger partial charge is 0.487 e.